The van der Waals surface area contributed by atoms with Gasteiger partial charge in [0.1, 0.15) is 13.2 Å². The number of carbonyl (C=O) groups is 3. The Bertz CT molecular complexity index is 960. The average Bonchev–Trinajstić information content (AvgIpc) is 3.14. The topological polar surface area (TPSA) is 111 Å². The van der Waals surface area contributed by atoms with Crippen molar-refractivity contribution < 1.29 is 42.9 Å². The third-order valence-electron chi connectivity index (χ3n) is 9.70. The summed E-state index contributed by atoms with van der Waals surface area (Å²) in [6.07, 6.45) is 38.3. The standard InChI is InChI=1S/C46H85NO8/c1-6-8-10-12-13-14-15-16-17-18-19-20-21-22-23-24-25-26-27-28-29-30-31-33-35-37-44(49)55-42(40-53-43(48)36-34-32-11-9-7-2)41-54-46(45(50)51)52-39-38-47(3,4)5/h15-16,18-19,42,46H,6-14,17,20-41H2,1-5H3/b16-15-,19-18-. The van der Waals surface area contributed by atoms with Crippen molar-refractivity contribution in [3.63, 3.8) is 0 Å². The number of rotatable bonds is 41. The molecule has 0 radical (unpaired) electrons. The van der Waals surface area contributed by atoms with Crippen LogP contribution >= 0.6 is 0 Å². The molecule has 0 N–H and O–H groups in total. The van der Waals surface area contributed by atoms with Crippen LogP contribution in [0.1, 0.15) is 194 Å². The number of unbranched alkanes of at least 4 members (excludes halogenated alkanes) is 22. The van der Waals surface area contributed by atoms with Crippen LogP contribution in [0.4, 0.5) is 0 Å². The van der Waals surface area contributed by atoms with Crippen LogP contribution in [0.25, 0.3) is 0 Å². The monoisotopic (exact) mass is 780 g/mol. The minimum Gasteiger partial charge on any atom is -0.545 e. The van der Waals surface area contributed by atoms with E-state index >= 15 is 0 Å². The van der Waals surface area contributed by atoms with Crippen LogP contribution < -0.4 is 5.11 Å². The maximum atomic E-state index is 12.7. The number of carbonyl (C=O) groups excluding carboxylic acids is 3. The fraction of sp³-hybridized carbons (Fsp3) is 0.848. The third kappa shape index (κ3) is 39.8. The minimum atomic E-state index is -1.61. The van der Waals surface area contributed by atoms with Crippen LogP contribution in [0.5, 0.6) is 0 Å². The van der Waals surface area contributed by atoms with Crippen LogP contribution in [-0.4, -0.2) is 82.3 Å². The molecule has 0 bridgehead atoms. The minimum absolute atomic E-state index is 0.149. The molecule has 2 atom stereocenters. The molecular weight excluding hydrogens is 695 g/mol. The Balaban J connectivity index is 4.11. The van der Waals surface area contributed by atoms with Crippen molar-refractivity contribution in [2.45, 2.75) is 206 Å². The Morgan fingerprint density at radius 3 is 1.44 bits per heavy atom. The van der Waals surface area contributed by atoms with E-state index in [0.717, 1.165) is 51.4 Å². The average molecular weight is 780 g/mol. The molecule has 0 saturated heterocycles. The molecule has 0 aliphatic carbocycles. The SMILES string of the molecule is CCCCCCC/C=C\C/C=C\CCCCCCCCCCCCCCCC(=O)OC(COC(=O)CCCCCCC)COC(OCC[N+](C)(C)C)C(=O)[O-]. The van der Waals surface area contributed by atoms with E-state index in [1.165, 1.54) is 109 Å². The number of carboxylic acids is 1. The molecule has 0 aromatic rings. The Hall–Kier alpha value is -2.23. The van der Waals surface area contributed by atoms with Crippen molar-refractivity contribution in [3.8, 4) is 0 Å². The summed E-state index contributed by atoms with van der Waals surface area (Å²) >= 11 is 0. The van der Waals surface area contributed by atoms with Gasteiger partial charge in [0.25, 0.3) is 0 Å². The summed E-state index contributed by atoms with van der Waals surface area (Å²) in [5.41, 5.74) is 0. The second kappa shape index (κ2) is 38.6. The number of aliphatic carboxylic acids is 1. The first-order chi connectivity index (χ1) is 26.6. The lowest BCUT2D eigenvalue weighted by Crippen LogP contribution is -2.44. The number of likely N-dealkylation sites (N-methyl/N-ethyl adjacent to an activating group) is 1. The molecule has 9 heteroatoms. The van der Waals surface area contributed by atoms with E-state index in [2.05, 4.69) is 38.2 Å². The predicted molar refractivity (Wildman–Crippen MR) is 223 cm³/mol. The van der Waals surface area contributed by atoms with Gasteiger partial charge in [0.2, 0.25) is 0 Å². The van der Waals surface area contributed by atoms with Crippen molar-refractivity contribution in [1.82, 2.24) is 0 Å². The van der Waals surface area contributed by atoms with Crippen molar-refractivity contribution in [3.05, 3.63) is 24.3 Å². The first kappa shape index (κ1) is 52.8. The number of allylic oxidation sites excluding steroid dienone is 4. The Labute approximate surface area is 337 Å². The van der Waals surface area contributed by atoms with Gasteiger partial charge in [0.05, 0.1) is 40.3 Å². The molecule has 2 unspecified atom stereocenters. The molecule has 9 nitrogen and oxygen atoms in total. The van der Waals surface area contributed by atoms with Crippen molar-refractivity contribution in [1.29, 1.82) is 0 Å². The summed E-state index contributed by atoms with van der Waals surface area (Å²) < 4.78 is 22.4. The molecule has 0 fully saturated rings. The molecule has 55 heavy (non-hydrogen) atoms. The quantitative estimate of drug-likeness (QED) is 0.0198. The lowest BCUT2D eigenvalue weighted by atomic mass is 10.0. The van der Waals surface area contributed by atoms with Gasteiger partial charge in [-0.05, 0) is 44.9 Å². The Kier molecular flexibility index (Phi) is 37.1. The summed E-state index contributed by atoms with van der Waals surface area (Å²) in [6, 6.07) is 0. The van der Waals surface area contributed by atoms with E-state index in [0.29, 0.717) is 17.4 Å². The maximum Gasteiger partial charge on any atom is 0.306 e. The number of carboxylic acid groups (broad SMARTS) is 1. The number of quaternary nitrogens is 1. The fourth-order valence-electron chi connectivity index (χ4n) is 6.15. The smallest absolute Gasteiger partial charge is 0.306 e. The normalized spacial score (nSPS) is 13.1. The van der Waals surface area contributed by atoms with Gasteiger partial charge in [-0.1, -0.05) is 160 Å². The van der Waals surface area contributed by atoms with E-state index in [1.807, 2.05) is 21.1 Å². The molecule has 0 amide bonds. The molecular formula is C46H85NO8. The number of hydrogen-bond acceptors (Lipinski definition) is 8. The zero-order chi connectivity index (χ0) is 40.7. The number of esters is 2. The van der Waals surface area contributed by atoms with Gasteiger partial charge in [0.15, 0.2) is 12.4 Å². The second-order valence-electron chi connectivity index (χ2n) is 16.3. The zero-order valence-electron chi connectivity index (χ0n) is 36.3. The molecule has 0 aromatic carbocycles. The van der Waals surface area contributed by atoms with E-state index < -0.39 is 24.3 Å². The number of nitrogens with zero attached hydrogens (tertiary/aromatic N) is 1. The second-order valence-corrected chi connectivity index (χ2v) is 16.3. The van der Waals surface area contributed by atoms with Crippen LogP contribution in [0.15, 0.2) is 24.3 Å². The van der Waals surface area contributed by atoms with Gasteiger partial charge in [0, 0.05) is 12.8 Å². The van der Waals surface area contributed by atoms with Crippen LogP contribution in [0, 0.1) is 0 Å². The van der Waals surface area contributed by atoms with Crippen LogP contribution in [-0.2, 0) is 33.3 Å². The van der Waals surface area contributed by atoms with Crippen molar-refractivity contribution in [2.75, 3.05) is 47.5 Å². The highest BCUT2D eigenvalue weighted by molar-refractivity contribution is 5.70. The Morgan fingerprint density at radius 2 is 0.982 bits per heavy atom. The van der Waals surface area contributed by atoms with Gasteiger partial charge in [-0.3, -0.25) is 9.59 Å². The lowest BCUT2D eigenvalue weighted by Gasteiger charge is -2.26. The largest absolute Gasteiger partial charge is 0.545 e. The van der Waals surface area contributed by atoms with Crippen molar-refractivity contribution in [2.24, 2.45) is 0 Å². The molecule has 0 aromatic heterocycles. The summed E-state index contributed by atoms with van der Waals surface area (Å²) in [6.45, 7) is 4.64. The first-order valence-corrected chi connectivity index (χ1v) is 22.5. The van der Waals surface area contributed by atoms with Gasteiger partial charge < -0.3 is 33.3 Å². The van der Waals surface area contributed by atoms with Gasteiger partial charge in [-0.25, -0.2) is 0 Å². The van der Waals surface area contributed by atoms with Crippen molar-refractivity contribution >= 4 is 17.9 Å². The summed E-state index contributed by atoms with van der Waals surface area (Å²) in [5.74, 6) is -2.30. The highest BCUT2D eigenvalue weighted by Crippen LogP contribution is 2.15. The maximum absolute atomic E-state index is 12.7. The fourth-order valence-corrected chi connectivity index (χ4v) is 6.15. The first-order valence-electron chi connectivity index (χ1n) is 22.5. The van der Waals surface area contributed by atoms with E-state index in [4.69, 9.17) is 18.9 Å². The highest BCUT2D eigenvalue weighted by atomic mass is 16.7. The van der Waals surface area contributed by atoms with Gasteiger partial charge in [-0.15, -0.1) is 0 Å². The number of ether oxygens (including phenoxy) is 4. The summed E-state index contributed by atoms with van der Waals surface area (Å²) in [7, 11) is 5.90. The molecule has 0 spiro atoms. The van der Waals surface area contributed by atoms with E-state index in [-0.39, 0.29) is 38.6 Å². The molecule has 0 rings (SSSR count). The van der Waals surface area contributed by atoms with Gasteiger partial charge in [-0.2, -0.15) is 0 Å². The molecule has 0 saturated carbocycles. The van der Waals surface area contributed by atoms with E-state index in [9.17, 15) is 19.5 Å². The van der Waals surface area contributed by atoms with E-state index in [1.54, 1.807) is 0 Å². The molecule has 0 aliphatic heterocycles. The number of hydrogen-bond donors (Lipinski definition) is 0. The third-order valence-corrected chi connectivity index (χ3v) is 9.70. The molecule has 322 valence electrons. The summed E-state index contributed by atoms with van der Waals surface area (Å²) in [4.78, 5) is 36.6. The van der Waals surface area contributed by atoms with Gasteiger partial charge >= 0.3 is 11.9 Å². The highest BCUT2D eigenvalue weighted by Gasteiger charge is 2.21. The molecule has 0 aliphatic rings. The predicted octanol–water partition coefficient (Wildman–Crippen LogP) is 10.3. The lowest BCUT2D eigenvalue weighted by molar-refractivity contribution is -0.870. The van der Waals surface area contributed by atoms with Crippen LogP contribution in [0.2, 0.25) is 0 Å². The molecule has 0 heterocycles. The Morgan fingerprint density at radius 1 is 0.545 bits per heavy atom. The van der Waals surface area contributed by atoms with Crippen LogP contribution in [0.3, 0.4) is 0 Å². The zero-order valence-corrected chi connectivity index (χ0v) is 36.3. The summed E-state index contributed by atoms with van der Waals surface area (Å²) in [5, 5.41) is 11.6.